The quantitative estimate of drug-likeness (QED) is 0.859. The second-order valence-electron chi connectivity index (χ2n) is 3.81. The SMILES string of the molecule is Cc1cnn(CC(O)c2ccc(F)cc2)c1. The van der Waals surface area contributed by atoms with E-state index in [9.17, 15) is 9.50 Å². The van der Waals surface area contributed by atoms with Crippen LogP contribution in [0.15, 0.2) is 36.7 Å². The first-order chi connectivity index (χ1) is 7.65. The Morgan fingerprint density at radius 3 is 2.62 bits per heavy atom. The van der Waals surface area contributed by atoms with E-state index in [-0.39, 0.29) is 5.82 Å². The van der Waals surface area contributed by atoms with Crippen LogP contribution >= 0.6 is 0 Å². The van der Waals surface area contributed by atoms with E-state index in [1.165, 1.54) is 12.1 Å². The van der Waals surface area contributed by atoms with Gasteiger partial charge < -0.3 is 5.11 Å². The zero-order valence-corrected chi connectivity index (χ0v) is 8.97. The molecule has 2 rings (SSSR count). The van der Waals surface area contributed by atoms with Gasteiger partial charge in [-0.15, -0.1) is 0 Å². The number of halogens is 1. The normalized spacial score (nSPS) is 12.7. The standard InChI is InChI=1S/C12H13FN2O/c1-9-6-14-15(7-9)8-12(16)10-2-4-11(13)5-3-10/h2-7,12,16H,8H2,1H3. The summed E-state index contributed by atoms with van der Waals surface area (Å²) in [5, 5.41) is 14.0. The molecule has 0 saturated heterocycles. The molecule has 1 aromatic heterocycles. The summed E-state index contributed by atoms with van der Waals surface area (Å²) in [7, 11) is 0. The number of aliphatic hydroxyl groups excluding tert-OH is 1. The van der Waals surface area contributed by atoms with Gasteiger partial charge in [-0.1, -0.05) is 12.1 Å². The van der Waals surface area contributed by atoms with Crippen LogP contribution in [0.3, 0.4) is 0 Å². The molecule has 1 heterocycles. The van der Waals surface area contributed by atoms with Crippen LogP contribution in [0.4, 0.5) is 4.39 Å². The van der Waals surface area contributed by atoms with Gasteiger partial charge >= 0.3 is 0 Å². The van der Waals surface area contributed by atoms with E-state index in [1.54, 1.807) is 23.0 Å². The number of rotatable bonds is 3. The van der Waals surface area contributed by atoms with Gasteiger partial charge in [-0.25, -0.2) is 4.39 Å². The molecule has 0 aliphatic carbocycles. The molecule has 0 spiro atoms. The Hall–Kier alpha value is -1.68. The molecule has 1 unspecified atom stereocenters. The molecule has 1 atom stereocenters. The molecular formula is C12H13FN2O. The van der Waals surface area contributed by atoms with Gasteiger partial charge in [0.05, 0.1) is 18.8 Å². The smallest absolute Gasteiger partial charge is 0.123 e. The van der Waals surface area contributed by atoms with E-state index in [1.807, 2.05) is 13.1 Å². The zero-order chi connectivity index (χ0) is 11.5. The molecule has 0 bridgehead atoms. The predicted molar refractivity (Wildman–Crippen MR) is 58.3 cm³/mol. The lowest BCUT2D eigenvalue weighted by atomic mass is 10.1. The molecule has 1 N–H and O–H groups in total. The number of aromatic nitrogens is 2. The summed E-state index contributed by atoms with van der Waals surface area (Å²) >= 11 is 0. The maximum atomic E-state index is 12.7. The van der Waals surface area contributed by atoms with Gasteiger partial charge in [0.2, 0.25) is 0 Å². The summed E-state index contributed by atoms with van der Waals surface area (Å²) in [4.78, 5) is 0. The zero-order valence-electron chi connectivity index (χ0n) is 8.97. The number of hydrogen-bond donors (Lipinski definition) is 1. The summed E-state index contributed by atoms with van der Waals surface area (Å²) in [5.74, 6) is -0.300. The Kier molecular flexibility index (Phi) is 3.01. The molecule has 2 aromatic rings. The van der Waals surface area contributed by atoms with Crippen molar-refractivity contribution in [3.05, 3.63) is 53.6 Å². The highest BCUT2D eigenvalue weighted by molar-refractivity contribution is 5.18. The molecule has 0 radical (unpaired) electrons. The minimum Gasteiger partial charge on any atom is -0.386 e. The largest absolute Gasteiger partial charge is 0.386 e. The minimum atomic E-state index is -0.667. The summed E-state index contributed by atoms with van der Waals surface area (Å²) in [5.41, 5.74) is 1.74. The van der Waals surface area contributed by atoms with Crippen LogP contribution in [0.5, 0.6) is 0 Å². The lowest BCUT2D eigenvalue weighted by molar-refractivity contribution is 0.151. The maximum absolute atomic E-state index is 12.7. The summed E-state index contributed by atoms with van der Waals surface area (Å²) in [6.07, 6.45) is 2.92. The molecule has 1 aromatic carbocycles. The fraction of sp³-hybridized carbons (Fsp3) is 0.250. The lowest BCUT2D eigenvalue weighted by Gasteiger charge is -2.10. The summed E-state index contributed by atoms with van der Waals surface area (Å²) in [6, 6.07) is 5.84. The molecule has 0 aliphatic rings. The van der Waals surface area contributed by atoms with E-state index < -0.39 is 6.10 Å². The minimum absolute atomic E-state index is 0.300. The highest BCUT2D eigenvalue weighted by Gasteiger charge is 2.08. The highest BCUT2D eigenvalue weighted by atomic mass is 19.1. The molecule has 0 aliphatic heterocycles. The van der Waals surface area contributed by atoms with Gasteiger partial charge in [0, 0.05) is 6.20 Å². The van der Waals surface area contributed by atoms with Crippen molar-refractivity contribution < 1.29 is 9.50 Å². The summed E-state index contributed by atoms with van der Waals surface area (Å²) < 4.78 is 14.4. The van der Waals surface area contributed by atoms with Crippen molar-refractivity contribution in [2.24, 2.45) is 0 Å². The van der Waals surface area contributed by atoms with Crippen LogP contribution < -0.4 is 0 Å². The van der Waals surface area contributed by atoms with Crippen LogP contribution in [0, 0.1) is 12.7 Å². The van der Waals surface area contributed by atoms with Crippen molar-refractivity contribution in [3.63, 3.8) is 0 Å². The van der Waals surface area contributed by atoms with Crippen molar-refractivity contribution in [3.8, 4) is 0 Å². The van der Waals surface area contributed by atoms with E-state index in [2.05, 4.69) is 5.10 Å². The van der Waals surface area contributed by atoms with Gasteiger partial charge in [0.15, 0.2) is 0 Å². The van der Waals surface area contributed by atoms with E-state index >= 15 is 0 Å². The van der Waals surface area contributed by atoms with Crippen molar-refractivity contribution in [1.29, 1.82) is 0 Å². The van der Waals surface area contributed by atoms with Crippen LogP contribution in [0.25, 0.3) is 0 Å². The number of nitrogens with zero attached hydrogens (tertiary/aromatic N) is 2. The molecule has 16 heavy (non-hydrogen) atoms. The second kappa shape index (κ2) is 4.45. The fourth-order valence-electron chi connectivity index (χ4n) is 1.53. The molecule has 0 saturated carbocycles. The van der Waals surface area contributed by atoms with Crippen molar-refractivity contribution >= 4 is 0 Å². The Labute approximate surface area is 93.2 Å². The molecule has 0 fully saturated rings. The van der Waals surface area contributed by atoms with Crippen LogP contribution in [-0.4, -0.2) is 14.9 Å². The second-order valence-corrected chi connectivity index (χ2v) is 3.81. The third kappa shape index (κ3) is 2.46. The first-order valence-corrected chi connectivity index (χ1v) is 5.08. The first kappa shape index (κ1) is 10.8. The Balaban J connectivity index is 2.08. The molecule has 84 valence electrons. The van der Waals surface area contributed by atoms with Crippen molar-refractivity contribution in [1.82, 2.24) is 9.78 Å². The highest BCUT2D eigenvalue weighted by Crippen LogP contribution is 2.15. The van der Waals surface area contributed by atoms with Crippen molar-refractivity contribution in [2.75, 3.05) is 0 Å². The number of aliphatic hydroxyl groups is 1. The van der Waals surface area contributed by atoms with Crippen molar-refractivity contribution in [2.45, 2.75) is 19.6 Å². The third-order valence-corrected chi connectivity index (χ3v) is 2.38. The topological polar surface area (TPSA) is 38.0 Å². The Bertz CT molecular complexity index is 464. The molecule has 4 heteroatoms. The van der Waals surface area contributed by atoms with Gasteiger partial charge in [-0.2, -0.15) is 5.10 Å². The van der Waals surface area contributed by atoms with Crippen LogP contribution in [-0.2, 0) is 6.54 Å². The molecular weight excluding hydrogens is 207 g/mol. The van der Waals surface area contributed by atoms with Crippen LogP contribution in [0.1, 0.15) is 17.2 Å². The Morgan fingerprint density at radius 1 is 1.38 bits per heavy atom. The average molecular weight is 220 g/mol. The van der Waals surface area contributed by atoms with E-state index in [4.69, 9.17) is 0 Å². The number of hydrogen-bond acceptors (Lipinski definition) is 2. The van der Waals surface area contributed by atoms with Gasteiger partial charge in [-0.3, -0.25) is 4.68 Å². The number of benzene rings is 1. The third-order valence-electron chi connectivity index (χ3n) is 2.38. The fourth-order valence-corrected chi connectivity index (χ4v) is 1.53. The monoisotopic (exact) mass is 220 g/mol. The maximum Gasteiger partial charge on any atom is 0.123 e. The molecule has 3 nitrogen and oxygen atoms in total. The summed E-state index contributed by atoms with van der Waals surface area (Å²) in [6.45, 7) is 2.31. The van der Waals surface area contributed by atoms with E-state index in [0.717, 1.165) is 5.56 Å². The average Bonchev–Trinajstić information content (AvgIpc) is 2.65. The predicted octanol–water partition coefficient (Wildman–Crippen LogP) is 2.06. The van der Waals surface area contributed by atoms with Gasteiger partial charge in [0.25, 0.3) is 0 Å². The lowest BCUT2D eigenvalue weighted by Crippen LogP contribution is -2.09. The van der Waals surface area contributed by atoms with Crippen LogP contribution in [0.2, 0.25) is 0 Å². The Morgan fingerprint density at radius 2 is 2.06 bits per heavy atom. The first-order valence-electron chi connectivity index (χ1n) is 5.08. The molecule has 0 amide bonds. The van der Waals surface area contributed by atoms with Gasteiger partial charge in [-0.05, 0) is 30.2 Å². The number of aryl methyl sites for hydroxylation is 1. The van der Waals surface area contributed by atoms with E-state index in [0.29, 0.717) is 12.1 Å². The van der Waals surface area contributed by atoms with Gasteiger partial charge in [0.1, 0.15) is 5.82 Å².